The molecule has 0 aliphatic carbocycles. The second-order valence-electron chi connectivity index (χ2n) is 4.73. The van der Waals surface area contributed by atoms with E-state index in [0.29, 0.717) is 11.6 Å². The van der Waals surface area contributed by atoms with Gasteiger partial charge in [-0.1, -0.05) is 29.8 Å². The standard InChI is InChI=1S/C16H11ClN2OS/c17-12-5-6-14-16(19-9-21-14)15(12)18-8-11-7-10-3-1-2-4-13(10)20-11/h1-7,9,18H,8H2. The third-order valence-corrected chi connectivity index (χ3v) is 4.48. The van der Waals surface area contributed by atoms with Crippen molar-refractivity contribution in [3.8, 4) is 0 Å². The van der Waals surface area contributed by atoms with Crippen molar-refractivity contribution in [2.75, 3.05) is 5.32 Å². The van der Waals surface area contributed by atoms with Crippen LogP contribution in [0.2, 0.25) is 5.02 Å². The molecule has 3 nitrogen and oxygen atoms in total. The summed E-state index contributed by atoms with van der Waals surface area (Å²) < 4.78 is 6.92. The molecule has 104 valence electrons. The van der Waals surface area contributed by atoms with Crippen molar-refractivity contribution in [3.63, 3.8) is 0 Å². The third kappa shape index (κ3) is 2.26. The zero-order valence-electron chi connectivity index (χ0n) is 11.0. The molecule has 0 saturated heterocycles. The van der Waals surface area contributed by atoms with Gasteiger partial charge in [-0.3, -0.25) is 0 Å². The Morgan fingerprint density at radius 3 is 3.00 bits per heavy atom. The van der Waals surface area contributed by atoms with E-state index in [4.69, 9.17) is 16.0 Å². The molecular weight excluding hydrogens is 304 g/mol. The molecule has 2 aromatic heterocycles. The quantitative estimate of drug-likeness (QED) is 0.557. The molecule has 5 heteroatoms. The van der Waals surface area contributed by atoms with E-state index < -0.39 is 0 Å². The summed E-state index contributed by atoms with van der Waals surface area (Å²) in [4.78, 5) is 4.38. The molecule has 0 saturated carbocycles. The molecule has 0 spiro atoms. The number of rotatable bonds is 3. The second-order valence-corrected chi connectivity index (χ2v) is 6.02. The fourth-order valence-corrected chi connectivity index (χ4v) is 3.28. The van der Waals surface area contributed by atoms with Gasteiger partial charge in [0.15, 0.2) is 0 Å². The Kier molecular flexibility index (Phi) is 3.05. The molecule has 21 heavy (non-hydrogen) atoms. The lowest BCUT2D eigenvalue weighted by atomic mass is 10.2. The predicted molar refractivity (Wildman–Crippen MR) is 88.2 cm³/mol. The number of hydrogen-bond acceptors (Lipinski definition) is 4. The number of halogens is 1. The van der Waals surface area contributed by atoms with Gasteiger partial charge in [-0.25, -0.2) is 4.98 Å². The van der Waals surface area contributed by atoms with E-state index in [-0.39, 0.29) is 0 Å². The van der Waals surface area contributed by atoms with Crippen LogP contribution >= 0.6 is 22.9 Å². The van der Waals surface area contributed by atoms with Crippen LogP contribution in [-0.4, -0.2) is 4.98 Å². The molecule has 0 amide bonds. The van der Waals surface area contributed by atoms with Gasteiger partial charge < -0.3 is 9.73 Å². The van der Waals surface area contributed by atoms with Gasteiger partial charge in [0.1, 0.15) is 16.9 Å². The Morgan fingerprint density at radius 1 is 1.19 bits per heavy atom. The largest absolute Gasteiger partial charge is 0.459 e. The number of nitrogens with zero attached hydrogens (tertiary/aromatic N) is 1. The first kappa shape index (κ1) is 12.7. The number of nitrogens with one attached hydrogen (secondary N) is 1. The Morgan fingerprint density at radius 2 is 2.10 bits per heavy atom. The lowest BCUT2D eigenvalue weighted by molar-refractivity contribution is 0.559. The molecule has 1 N–H and O–H groups in total. The van der Waals surface area contributed by atoms with Crippen molar-refractivity contribution in [1.82, 2.24) is 4.98 Å². The zero-order valence-corrected chi connectivity index (χ0v) is 12.5. The van der Waals surface area contributed by atoms with Gasteiger partial charge in [0.25, 0.3) is 0 Å². The van der Waals surface area contributed by atoms with Crippen LogP contribution in [0.4, 0.5) is 5.69 Å². The molecule has 0 aliphatic rings. The Hall–Kier alpha value is -2.04. The molecule has 0 radical (unpaired) electrons. The fourth-order valence-electron chi connectivity index (χ4n) is 2.37. The predicted octanol–water partition coefficient (Wildman–Crippen LogP) is 5.31. The number of fused-ring (bicyclic) bond motifs is 2. The number of thiazole rings is 1. The Balaban J connectivity index is 1.66. The molecule has 0 atom stereocenters. The summed E-state index contributed by atoms with van der Waals surface area (Å²) in [5.74, 6) is 0.875. The van der Waals surface area contributed by atoms with Crippen molar-refractivity contribution in [2.45, 2.75) is 6.54 Å². The third-order valence-electron chi connectivity index (χ3n) is 3.37. The first-order valence-corrected chi connectivity index (χ1v) is 7.80. The number of aromatic nitrogens is 1. The van der Waals surface area contributed by atoms with Crippen LogP contribution in [-0.2, 0) is 6.54 Å². The maximum atomic E-state index is 6.28. The maximum Gasteiger partial charge on any atom is 0.134 e. The van der Waals surface area contributed by atoms with E-state index in [1.807, 2.05) is 48.0 Å². The van der Waals surface area contributed by atoms with Gasteiger partial charge in [-0.05, 0) is 24.3 Å². The molecule has 2 aromatic carbocycles. The maximum absolute atomic E-state index is 6.28. The minimum atomic E-state index is 0.574. The SMILES string of the molecule is Clc1ccc2scnc2c1NCc1cc2ccccc2o1. The number of benzene rings is 2. The highest BCUT2D eigenvalue weighted by Crippen LogP contribution is 2.32. The highest BCUT2D eigenvalue weighted by atomic mass is 35.5. The molecular formula is C16H11ClN2OS. The van der Waals surface area contributed by atoms with Crippen LogP contribution in [0, 0.1) is 0 Å². The van der Waals surface area contributed by atoms with Crippen LogP contribution in [0.3, 0.4) is 0 Å². The van der Waals surface area contributed by atoms with E-state index in [2.05, 4.69) is 10.3 Å². The average Bonchev–Trinajstić information content (AvgIpc) is 3.12. The minimum absolute atomic E-state index is 0.574. The fraction of sp³-hybridized carbons (Fsp3) is 0.0625. The van der Waals surface area contributed by atoms with Gasteiger partial charge in [0.2, 0.25) is 0 Å². The van der Waals surface area contributed by atoms with Crippen molar-refractivity contribution in [3.05, 3.63) is 58.8 Å². The number of anilines is 1. The van der Waals surface area contributed by atoms with E-state index in [9.17, 15) is 0 Å². The molecule has 0 bridgehead atoms. The molecule has 4 rings (SSSR count). The summed E-state index contributed by atoms with van der Waals surface area (Å²) in [6.07, 6.45) is 0. The summed E-state index contributed by atoms with van der Waals surface area (Å²) >= 11 is 7.88. The lowest BCUT2D eigenvalue weighted by Crippen LogP contribution is -1.99. The van der Waals surface area contributed by atoms with Gasteiger partial charge >= 0.3 is 0 Å². The second kappa shape index (κ2) is 5.06. The van der Waals surface area contributed by atoms with Gasteiger partial charge in [-0.2, -0.15) is 0 Å². The summed E-state index contributed by atoms with van der Waals surface area (Å²) in [5.41, 5.74) is 4.49. The van der Waals surface area contributed by atoms with E-state index in [1.54, 1.807) is 11.3 Å². The summed E-state index contributed by atoms with van der Waals surface area (Å²) in [5, 5.41) is 5.11. The lowest BCUT2D eigenvalue weighted by Gasteiger charge is -2.07. The molecule has 4 aromatic rings. The van der Waals surface area contributed by atoms with E-state index >= 15 is 0 Å². The van der Waals surface area contributed by atoms with Gasteiger partial charge in [0, 0.05) is 5.39 Å². The molecule has 0 fully saturated rings. The summed E-state index contributed by atoms with van der Waals surface area (Å²) in [6.45, 7) is 0.574. The van der Waals surface area contributed by atoms with E-state index in [1.165, 1.54) is 0 Å². The van der Waals surface area contributed by atoms with E-state index in [0.717, 1.165) is 32.6 Å². The average molecular weight is 315 g/mol. The van der Waals surface area contributed by atoms with Crippen molar-refractivity contribution >= 4 is 49.8 Å². The molecule has 0 unspecified atom stereocenters. The molecule has 0 aliphatic heterocycles. The van der Waals surface area contributed by atoms with Crippen molar-refractivity contribution in [2.24, 2.45) is 0 Å². The number of hydrogen-bond donors (Lipinski definition) is 1. The summed E-state index contributed by atoms with van der Waals surface area (Å²) in [7, 11) is 0. The Labute approximate surface area is 130 Å². The van der Waals surface area contributed by atoms with Gasteiger partial charge in [0.05, 0.1) is 27.5 Å². The normalized spacial score (nSPS) is 11.3. The number of furan rings is 1. The smallest absolute Gasteiger partial charge is 0.134 e. The topological polar surface area (TPSA) is 38.1 Å². The van der Waals surface area contributed by atoms with Gasteiger partial charge in [-0.15, -0.1) is 11.3 Å². The van der Waals surface area contributed by atoms with Crippen molar-refractivity contribution in [1.29, 1.82) is 0 Å². The summed E-state index contributed by atoms with van der Waals surface area (Å²) in [6, 6.07) is 13.9. The number of para-hydroxylation sites is 1. The monoisotopic (exact) mass is 314 g/mol. The minimum Gasteiger partial charge on any atom is -0.459 e. The zero-order chi connectivity index (χ0) is 14.2. The van der Waals surface area contributed by atoms with Crippen LogP contribution in [0.15, 0.2) is 52.4 Å². The highest BCUT2D eigenvalue weighted by molar-refractivity contribution is 7.16. The van der Waals surface area contributed by atoms with Crippen LogP contribution in [0.1, 0.15) is 5.76 Å². The van der Waals surface area contributed by atoms with Crippen molar-refractivity contribution < 1.29 is 4.42 Å². The van der Waals surface area contributed by atoms with Crippen LogP contribution in [0.25, 0.3) is 21.2 Å². The highest BCUT2D eigenvalue weighted by Gasteiger charge is 2.10. The Bertz CT molecular complexity index is 895. The molecule has 2 heterocycles. The van der Waals surface area contributed by atoms with Crippen LogP contribution < -0.4 is 5.32 Å². The first-order valence-electron chi connectivity index (χ1n) is 6.54. The van der Waals surface area contributed by atoms with Crippen LogP contribution in [0.5, 0.6) is 0 Å². The first-order chi connectivity index (χ1) is 10.3.